The van der Waals surface area contributed by atoms with Gasteiger partial charge in [0.1, 0.15) is 0 Å². The van der Waals surface area contributed by atoms with E-state index in [1.165, 1.54) is 11.1 Å². The van der Waals surface area contributed by atoms with Crippen LogP contribution in [0.3, 0.4) is 0 Å². The summed E-state index contributed by atoms with van der Waals surface area (Å²) >= 11 is 3.48. The molecule has 1 heterocycles. The molecule has 1 fully saturated rings. The highest BCUT2D eigenvalue weighted by molar-refractivity contribution is 9.10. The molecule has 0 spiro atoms. The van der Waals surface area contributed by atoms with Crippen molar-refractivity contribution < 1.29 is 4.79 Å². The molecule has 2 aromatic carbocycles. The van der Waals surface area contributed by atoms with Crippen molar-refractivity contribution in [2.24, 2.45) is 11.7 Å². The number of likely N-dealkylation sites (tertiary alicyclic amines) is 1. The van der Waals surface area contributed by atoms with Gasteiger partial charge in [0.15, 0.2) is 0 Å². The van der Waals surface area contributed by atoms with Gasteiger partial charge in [0, 0.05) is 29.9 Å². The average Bonchev–Trinajstić information content (AvgIpc) is 3.05. The molecule has 0 bridgehead atoms. The van der Waals surface area contributed by atoms with Crippen LogP contribution in [0.1, 0.15) is 23.5 Å². The number of nitrogens with two attached hydrogens (primary N) is 1. The van der Waals surface area contributed by atoms with Gasteiger partial charge >= 0.3 is 0 Å². The first-order chi connectivity index (χ1) is 11.7. The fraction of sp³-hybridized carbons (Fsp3) is 0.350. The Morgan fingerprint density at radius 3 is 2.62 bits per heavy atom. The van der Waals surface area contributed by atoms with E-state index in [1.807, 2.05) is 23.1 Å². The minimum atomic E-state index is 0.229. The third-order valence-electron chi connectivity index (χ3n) is 4.84. The third kappa shape index (κ3) is 4.05. The van der Waals surface area contributed by atoms with Crippen LogP contribution >= 0.6 is 15.9 Å². The van der Waals surface area contributed by atoms with E-state index in [0.29, 0.717) is 24.8 Å². The highest BCUT2D eigenvalue weighted by Gasteiger charge is 2.34. The van der Waals surface area contributed by atoms with Crippen LogP contribution < -0.4 is 5.73 Å². The minimum Gasteiger partial charge on any atom is -0.342 e. The number of amides is 1. The Hall–Kier alpha value is -1.65. The summed E-state index contributed by atoms with van der Waals surface area (Å²) in [5, 5.41) is 0. The van der Waals surface area contributed by atoms with E-state index in [-0.39, 0.29) is 5.91 Å². The van der Waals surface area contributed by atoms with Gasteiger partial charge in [-0.1, -0.05) is 58.4 Å². The van der Waals surface area contributed by atoms with Crippen molar-refractivity contribution in [3.63, 3.8) is 0 Å². The van der Waals surface area contributed by atoms with Crippen LogP contribution in [0, 0.1) is 5.92 Å². The SMILES string of the molecule is NC[C@@H]1CN(C(=O)CCc2cccc(Br)c2)C[C@H]1c1ccccc1. The molecular weight excluding hydrogens is 364 g/mol. The summed E-state index contributed by atoms with van der Waals surface area (Å²) in [4.78, 5) is 14.6. The Kier molecular flexibility index (Phi) is 5.69. The number of aryl methyl sites for hydroxylation is 1. The molecule has 1 saturated heterocycles. The van der Waals surface area contributed by atoms with Gasteiger partial charge in [-0.05, 0) is 42.1 Å². The van der Waals surface area contributed by atoms with E-state index < -0.39 is 0 Å². The molecule has 0 aromatic heterocycles. The average molecular weight is 387 g/mol. The Labute approximate surface area is 152 Å². The minimum absolute atomic E-state index is 0.229. The predicted octanol–water partition coefficient (Wildman–Crippen LogP) is 3.58. The smallest absolute Gasteiger partial charge is 0.222 e. The van der Waals surface area contributed by atoms with Gasteiger partial charge < -0.3 is 10.6 Å². The van der Waals surface area contributed by atoms with Crippen LogP contribution in [0.4, 0.5) is 0 Å². The maximum Gasteiger partial charge on any atom is 0.222 e. The Morgan fingerprint density at radius 2 is 1.92 bits per heavy atom. The van der Waals surface area contributed by atoms with Crippen LogP contribution in [0.15, 0.2) is 59.1 Å². The lowest BCUT2D eigenvalue weighted by atomic mass is 9.89. The Balaban J connectivity index is 1.61. The number of nitrogens with zero attached hydrogens (tertiary/aromatic N) is 1. The second-order valence-electron chi connectivity index (χ2n) is 6.44. The Bertz CT molecular complexity index is 689. The summed E-state index contributed by atoms with van der Waals surface area (Å²) in [6, 6.07) is 18.6. The van der Waals surface area contributed by atoms with Crippen molar-refractivity contribution in [2.75, 3.05) is 19.6 Å². The summed E-state index contributed by atoms with van der Waals surface area (Å²) in [6.07, 6.45) is 1.33. The molecule has 4 heteroatoms. The van der Waals surface area contributed by atoms with Crippen molar-refractivity contribution in [1.29, 1.82) is 0 Å². The van der Waals surface area contributed by atoms with Gasteiger partial charge in [-0.3, -0.25) is 4.79 Å². The van der Waals surface area contributed by atoms with E-state index in [2.05, 4.69) is 52.3 Å². The molecule has 24 heavy (non-hydrogen) atoms. The van der Waals surface area contributed by atoms with Crippen molar-refractivity contribution >= 4 is 21.8 Å². The molecular formula is C20H23BrN2O. The van der Waals surface area contributed by atoms with Crippen molar-refractivity contribution in [2.45, 2.75) is 18.8 Å². The highest BCUT2D eigenvalue weighted by atomic mass is 79.9. The summed E-state index contributed by atoms with van der Waals surface area (Å²) in [6.45, 7) is 2.17. The molecule has 3 rings (SSSR count). The summed E-state index contributed by atoms with van der Waals surface area (Å²) in [7, 11) is 0. The number of hydrogen-bond donors (Lipinski definition) is 1. The van der Waals surface area contributed by atoms with Gasteiger partial charge in [-0.15, -0.1) is 0 Å². The van der Waals surface area contributed by atoms with Crippen LogP contribution in [-0.4, -0.2) is 30.4 Å². The van der Waals surface area contributed by atoms with E-state index in [4.69, 9.17) is 5.73 Å². The van der Waals surface area contributed by atoms with Gasteiger partial charge in [-0.2, -0.15) is 0 Å². The second-order valence-corrected chi connectivity index (χ2v) is 7.36. The molecule has 1 aliphatic heterocycles. The molecule has 1 aliphatic rings. The van der Waals surface area contributed by atoms with Crippen molar-refractivity contribution in [3.8, 4) is 0 Å². The molecule has 2 N–H and O–H groups in total. The number of rotatable bonds is 5. The van der Waals surface area contributed by atoms with Gasteiger partial charge in [-0.25, -0.2) is 0 Å². The number of carbonyl (C=O) groups excluding carboxylic acids is 1. The third-order valence-corrected chi connectivity index (χ3v) is 5.33. The fourth-order valence-corrected chi connectivity index (χ4v) is 3.94. The molecule has 2 aromatic rings. The quantitative estimate of drug-likeness (QED) is 0.853. The number of benzene rings is 2. The largest absolute Gasteiger partial charge is 0.342 e. The zero-order valence-electron chi connectivity index (χ0n) is 13.7. The normalized spacial score (nSPS) is 20.3. The molecule has 0 aliphatic carbocycles. The van der Waals surface area contributed by atoms with Crippen molar-refractivity contribution in [3.05, 3.63) is 70.2 Å². The van der Waals surface area contributed by atoms with Crippen LogP contribution in [0.5, 0.6) is 0 Å². The fourth-order valence-electron chi connectivity index (χ4n) is 3.49. The monoisotopic (exact) mass is 386 g/mol. The summed E-state index contributed by atoms with van der Waals surface area (Å²) in [5.41, 5.74) is 8.44. The van der Waals surface area contributed by atoms with Crippen LogP contribution in [-0.2, 0) is 11.2 Å². The predicted molar refractivity (Wildman–Crippen MR) is 101 cm³/mol. The second kappa shape index (κ2) is 7.95. The first kappa shape index (κ1) is 17.2. The molecule has 3 nitrogen and oxygen atoms in total. The zero-order valence-corrected chi connectivity index (χ0v) is 15.3. The molecule has 126 valence electrons. The molecule has 0 unspecified atom stereocenters. The molecule has 0 saturated carbocycles. The molecule has 2 atom stereocenters. The number of halogens is 1. The topological polar surface area (TPSA) is 46.3 Å². The summed E-state index contributed by atoms with van der Waals surface area (Å²) < 4.78 is 1.06. The van der Waals surface area contributed by atoms with Crippen LogP contribution in [0.25, 0.3) is 0 Å². The van der Waals surface area contributed by atoms with E-state index in [1.54, 1.807) is 0 Å². The lowest BCUT2D eigenvalue weighted by molar-refractivity contribution is -0.130. The first-order valence-electron chi connectivity index (χ1n) is 8.44. The number of carbonyl (C=O) groups is 1. The first-order valence-corrected chi connectivity index (χ1v) is 9.24. The van der Waals surface area contributed by atoms with E-state index in [9.17, 15) is 4.79 Å². The standard InChI is InChI=1S/C20H23BrN2O/c21-18-8-4-5-15(11-18)9-10-20(24)23-13-17(12-22)19(14-23)16-6-2-1-3-7-16/h1-8,11,17,19H,9-10,12-14,22H2/t17-,19+/m1/s1. The maximum absolute atomic E-state index is 12.6. The van der Waals surface area contributed by atoms with Gasteiger partial charge in [0.2, 0.25) is 5.91 Å². The molecule has 0 radical (unpaired) electrons. The van der Waals surface area contributed by atoms with Crippen LogP contribution in [0.2, 0.25) is 0 Å². The lowest BCUT2D eigenvalue weighted by Gasteiger charge is -2.17. The Morgan fingerprint density at radius 1 is 1.12 bits per heavy atom. The highest BCUT2D eigenvalue weighted by Crippen LogP contribution is 2.32. The summed E-state index contributed by atoms with van der Waals surface area (Å²) in [5.74, 6) is 0.931. The van der Waals surface area contributed by atoms with E-state index in [0.717, 1.165) is 24.0 Å². The number of hydrogen-bond acceptors (Lipinski definition) is 2. The lowest BCUT2D eigenvalue weighted by Crippen LogP contribution is -2.30. The molecule has 1 amide bonds. The van der Waals surface area contributed by atoms with Gasteiger partial charge in [0.25, 0.3) is 0 Å². The maximum atomic E-state index is 12.6. The van der Waals surface area contributed by atoms with Gasteiger partial charge in [0.05, 0.1) is 0 Å². The zero-order chi connectivity index (χ0) is 16.9. The van der Waals surface area contributed by atoms with Crippen molar-refractivity contribution in [1.82, 2.24) is 4.90 Å². The van der Waals surface area contributed by atoms with E-state index >= 15 is 0 Å².